The fraction of sp³-hybridized carbons (Fsp3) is 0.368. The number of nitrogens with one attached hydrogen (secondary N) is 1. The van der Waals surface area contributed by atoms with Crippen molar-refractivity contribution in [2.45, 2.75) is 37.7 Å². The monoisotopic (exact) mass is 347 g/mol. The van der Waals surface area contributed by atoms with Crippen molar-refractivity contribution in [2.24, 2.45) is 0 Å². The average Bonchev–Trinajstić information content (AvgIpc) is 2.57. The third-order valence-corrected chi connectivity index (χ3v) is 5.49. The maximum atomic E-state index is 12.5. The predicted octanol–water partition coefficient (Wildman–Crippen LogP) is 3.61. The fourth-order valence-corrected chi connectivity index (χ4v) is 3.69. The molecule has 1 N–H and O–H groups in total. The van der Waals surface area contributed by atoms with Gasteiger partial charge in [0.25, 0.3) is 0 Å². The van der Waals surface area contributed by atoms with E-state index < -0.39 is 10.0 Å². The molecule has 0 aliphatic heterocycles. The first-order valence-corrected chi connectivity index (χ1v) is 9.63. The Bertz CT molecular complexity index is 754. The molecule has 1 unspecified atom stereocenters. The molecule has 5 heteroatoms. The van der Waals surface area contributed by atoms with Crippen LogP contribution in [0.1, 0.15) is 36.1 Å². The summed E-state index contributed by atoms with van der Waals surface area (Å²) >= 11 is 0. The van der Waals surface area contributed by atoms with Crippen molar-refractivity contribution in [3.05, 3.63) is 65.2 Å². The maximum absolute atomic E-state index is 12.5. The molecule has 0 aliphatic rings. The first kappa shape index (κ1) is 18.6. The van der Waals surface area contributed by atoms with Gasteiger partial charge in [-0.25, -0.2) is 13.1 Å². The van der Waals surface area contributed by atoms with Gasteiger partial charge in [0, 0.05) is 13.7 Å². The molecule has 1 atom stereocenters. The van der Waals surface area contributed by atoms with Gasteiger partial charge in [0.05, 0.1) is 11.0 Å². The van der Waals surface area contributed by atoms with Gasteiger partial charge in [-0.15, -0.1) is 0 Å². The molecule has 0 aromatic heterocycles. The number of ether oxygens (including phenoxy) is 1. The Labute approximate surface area is 144 Å². The van der Waals surface area contributed by atoms with Gasteiger partial charge in [0.15, 0.2) is 0 Å². The van der Waals surface area contributed by atoms with Crippen molar-refractivity contribution in [3.63, 3.8) is 0 Å². The van der Waals surface area contributed by atoms with Crippen LogP contribution in [-0.2, 0) is 21.2 Å². The molecule has 0 saturated heterocycles. The highest BCUT2D eigenvalue weighted by molar-refractivity contribution is 7.89. The van der Waals surface area contributed by atoms with E-state index in [4.69, 9.17) is 4.74 Å². The summed E-state index contributed by atoms with van der Waals surface area (Å²) in [5, 5.41) is 0. The molecular weight excluding hydrogens is 322 g/mol. The Kier molecular flexibility index (Phi) is 6.54. The van der Waals surface area contributed by atoms with Crippen LogP contribution in [0.5, 0.6) is 0 Å². The standard InChI is InChI=1S/C19H25NO3S/c1-4-7-16-10-12-17(13-11-16)24(21,22)20-14-19(23-3)18-9-6-5-8-15(18)2/h5-6,8-13,19-20H,4,7,14H2,1-3H3. The van der Waals surface area contributed by atoms with Crippen LogP contribution in [0.2, 0.25) is 0 Å². The summed E-state index contributed by atoms with van der Waals surface area (Å²) in [4.78, 5) is 0.280. The van der Waals surface area contributed by atoms with Crippen molar-refractivity contribution < 1.29 is 13.2 Å². The number of hydrogen-bond acceptors (Lipinski definition) is 3. The van der Waals surface area contributed by atoms with E-state index in [1.165, 1.54) is 0 Å². The molecule has 0 amide bonds. The van der Waals surface area contributed by atoms with E-state index in [-0.39, 0.29) is 17.5 Å². The highest BCUT2D eigenvalue weighted by Crippen LogP contribution is 2.20. The van der Waals surface area contributed by atoms with Crippen molar-refractivity contribution in [1.29, 1.82) is 0 Å². The lowest BCUT2D eigenvalue weighted by molar-refractivity contribution is 0.107. The lowest BCUT2D eigenvalue weighted by Crippen LogP contribution is -2.29. The Morgan fingerprint density at radius 1 is 1.08 bits per heavy atom. The molecule has 2 aromatic rings. The quantitative estimate of drug-likeness (QED) is 0.793. The third-order valence-electron chi connectivity index (χ3n) is 4.05. The summed E-state index contributed by atoms with van der Waals surface area (Å²) in [5.74, 6) is 0. The Balaban J connectivity index is 2.09. The molecule has 0 bridgehead atoms. The van der Waals surface area contributed by atoms with E-state index in [9.17, 15) is 8.42 Å². The van der Waals surface area contributed by atoms with Crippen LogP contribution < -0.4 is 4.72 Å². The molecular formula is C19H25NO3S. The summed E-state index contributed by atoms with van der Waals surface area (Å²) < 4.78 is 33.1. The smallest absolute Gasteiger partial charge is 0.240 e. The number of hydrogen-bond donors (Lipinski definition) is 1. The highest BCUT2D eigenvalue weighted by Gasteiger charge is 2.18. The summed E-state index contributed by atoms with van der Waals surface area (Å²) in [6, 6.07) is 14.9. The second kappa shape index (κ2) is 8.42. The Morgan fingerprint density at radius 2 is 1.75 bits per heavy atom. The van der Waals surface area contributed by atoms with Crippen LogP contribution in [0.3, 0.4) is 0 Å². The van der Waals surface area contributed by atoms with Crippen molar-refractivity contribution in [2.75, 3.05) is 13.7 Å². The van der Waals surface area contributed by atoms with Crippen LogP contribution in [0.4, 0.5) is 0 Å². The van der Waals surface area contributed by atoms with E-state index in [1.54, 1.807) is 19.2 Å². The van der Waals surface area contributed by atoms with Gasteiger partial charge in [-0.1, -0.05) is 49.7 Å². The molecule has 2 aromatic carbocycles. The van der Waals surface area contributed by atoms with Crippen LogP contribution in [-0.4, -0.2) is 22.1 Å². The lowest BCUT2D eigenvalue weighted by atomic mass is 10.0. The highest BCUT2D eigenvalue weighted by atomic mass is 32.2. The molecule has 0 heterocycles. The molecule has 130 valence electrons. The number of rotatable bonds is 8. The van der Waals surface area contributed by atoms with Crippen LogP contribution >= 0.6 is 0 Å². The zero-order valence-corrected chi connectivity index (χ0v) is 15.3. The van der Waals surface area contributed by atoms with Gasteiger partial charge < -0.3 is 4.74 Å². The Morgan fingerprint density at radius 3 is 2.33 bits per heavy atom. The zero-order chi connectivity index (χ0) is 17.6. The van der Waals surface area contributed by atoms with Gasteiger partial charge in [-0.05, 0) is 42.2 Å². The summed E-state index contributed by atoms with van der Waals surface area (Å²) in [6.45, 7) is 4.28. The van der Waals surface area contributed by atoms with Gasteiger partial charge in [-0.2, -0.15) is 0 Å². The van der Waals surface area contributed by atoms with Crippen molar-refractivity contribution >= 4 is 10.0 Å². The topological polar surface area (TPSA) is 55.4 Å². The minimum atomic E-state index is -3.55. The summed E-state index contributed by atoms with van der Waals surface area (Å²) in [5.41, 5.74) is 3.21. The van der Waals surface area contributed by atoms with Crippen molar-refractivity contribution in [1.82, 2.24) is 4.72 Å². The number of sulfonamides is 1. The minimum absolute atomic E-state index is 0.195. The molecule has 0 radical (unpaired) electrons. The second-order valence-electron chi connectivity index (χ2n) is 5.83. The van der Waals surface area contributed by atoms with Crippen molar-refractivity contribution in [3.8, 4) is 0 Å². The van der Waals surface area contributed by atoms with Gasteiger partial charge in [-0.3, -0.25) is 0 Å². The lowest BCUT2D eigenvalue weighted by Gasteiger charge is -2.18. The van der Waals surface area contributed by atoms with E-state index in [0.29, 0.717) is 0 Å². The zero-order valence-electron chi connectivity index (χ0n) is 14.5. The van der Waals surface area contributed by atoms with E-state index in [0.717, 1.165) is 29.5 Å². The summed E-state index contributed by atoms with van der Waals surface area (Å²) in [7, 11) is -1.96. The van der Waals surface area contributed by atoms with Crippen LogP contribution in [0.15, 0.2) is 53.4 Å². The van der Waals surface area contributed by atoms with Crippen LogP contribution in [0, 0.1) is 6.92 Å². The molecule has 4 nitrogen and oxygen atoms in total. The first-order valence-electron chi connectivity index (χ1n) is 8.15. The fourth-order valence-electron chi connectivity index (χ4n) is 2.66. The second-order valence-corrected chi connectivity index (χ2v) is 7.59. The SMILES string of the molecule is CCCc1ccc(S(=O)(=O)NCC(OC)c2ccccc2C)cc1. The molecule has 0 spiro atoms. The third kappa shape index (κ3) is 4.66. The van der Waals surface area contributed by atoms with E-state index in [2.05, 4.69) is 11.6 Å². The van der Waals surface area contributed by atoms with E-state index in [1.807, 2.05) is 43.3 Å². The normalized spacial score (nSPS) is 13.0. The number of benzene rings is 2. The number of methoxy groups -OCH3 is 1. The maximum Gasteiger partial charge on any atom is 0.240 e. The minimum Gasteiger partial charge on any atom is -0.375 e. The Hall–Kier alpha value is -1.69. The van der Waals surface area contributed by atoms with Gasteiger partial charge >= 0.3 is 0 Å². The molecule has 24 heavy (non-hydrogen) atoms. The first-order chi connectivity index (χ1) is 11.5. The van der Waals surface area contributed by atoms with Gasteiger partial charge in [0.2, 0.25) is 10.0 Å². The van der Waals surface area contributed by atoms with Crippen LogP contribution in [0.25, 0.3) is 0 Å². The average molecular weight is 347 g/mol. The van der Waals surface area contributed by atoms with Gasteiger partial charge in [0.1, 0.15) is 0 Å². The molecule has 2 rings (SSSR count). The van der Waals surface area contributed by atoms with E-state index >= 15 is 0 Å². The summed E-state index contributed by atoms with van der Waals surface area (Å²) in [6.07, 6.45) is 1.67. The number of aryl methyl sites for hydroxylation is 2. The molecule has 0 fully saturated rings. The predicted molar refractivity (Wildman–Crippen MR) is 96.6 cm³/mol. The molecule has 0 saturated carbocycles. The molecule has 0 aliphatic carbocycles. The largest absolute Gasteiger partial charge is 0.375 e.